The Bertz CT molecular complexity index is 4170. The summed E-state index contributed by atoms with van der Waals surface area (Å²) in [4.78, 5) is 9.94. The molecular formula is C69H46N2S2. The Morgan fingerprint density at radius 2 is 0.740 bits per heavy atom. The molecule has 0 fully saturated rings. The van der Waals surface area contributed by atoms with Gasteiger partial charge in [0.15, 0.2) is 0 Å². The average molecular weight is 967 g/mol. The number of para-hydroxylation sites is 4. The maximum absolute atomic E-state index is 2.51. The van der Waals surface area contributed by atoms with E-state index in [-0.39, 0.29) is 5.41 Å². The summed E-state index contributed by atoms with van der Waals surface area (Å²) in [7, 11) is 0. The molecule has 2 aliphatic heterocycles. The number of nitrogens with zero attached hydrogens (tertiary/aromatic N) is 2. The van der Waals surface area contributed by atoms with Gasteiger partial charge in [0.25, 0.3) is 0 Å². The van der Waals surface area contributed by atoms with Crippen LogP contribution in [0.25, 0.3) is 76.8 Å². The summed E-state index contributed by atoms with van der Waals surface area (Å²) in [5.41, 5.74) is 19.6. The van der Waals surface area contributed by atoms with E-state index >= 15 is 0 Å². The summed E-state index contributed by atoms with van der Waals surface area (Å²) < 4.78 is 0. The Morgan fingerprint density at radius 3 is 1.32 bits per heavy atom. The van der Waals surface area contributed by atoms with Crippen LogP contribution in [-0.2, 0) is 5.41 Å². The summed E-state index contributed by atoms with van der Waals surface area (Å²) in [6.45, 7) is 4.78. The Kier molecular flexibility index (Phi) is 9.51. The molecule has 0 bridgehead atoms. The van der Waals surface area contributed by atoms with Crippen LogP contribution in [0.15, 0.2) is 262 Å². The fourth-order valence-corrected chi connectivity index (χ4v) is 14.2. The highest BCUT2D eigenvalue weighted by molar-refractivity contribution is 8.00. The van der Waals surface area contributed by atoms with Gasteiger partial charge in [0, 0.05) is 36.4 Å². The molecule has 0 aromatic heterocycles. The van der Waals surface area contributed by atoms with E-state index < -0.39 is 0 Å². The van der Waals surface area contributed by atoms with Crippen LogP contribution in [0.2, 0.25) is 0 Å². The monoisotopic (exact) mass is 966 g/mol. The van der Waals surface area contributed by atoms with Gasteiger partial charge in [-0.3, -0.25) is 0 Å². The minimum absolute atomic E-state index is 0.162. The molecule has 2 nitrogen and oxygen atoms in total. The van der Waals surface area contributed by atoms with Crippen molar-refractivity contribution in [2.75, 3.05) is 9.80 Å². The predicted octanol–water partition coefficient (Wildman–Crippen LogP) is 20.3. The average Bonchev–Trinajstić information content (AvgIpc) is 3.69. The molecule has 0 unspecified atom stereocenters. The van der Waals surface area contributed by atoms with Gasteiger partial charge in [0.1, 0.15) is 0 Å². The minimum Gasteiger partial charge on any atom is -0.308 e. The third kappa shape index (κ3) is 6.60. The summed E-state index contributed by atoms with van der Waals surface area (Å²) in [5, 5.41) is 7.37. The van der Waals surface area contributed by atoms with E-state index in [0.29, 0.717) is 0 Å². The van der Waals surface area contributed by atoms with E-state index in [9.17, 15) is 0 Å². The molecule has 0 amide bonds. The summed E-state index contributed by atoms with van der Waals surface area (Å²) in [6.07, 6.45) is 0. The van der Waals surface area contributed by atoms with Crippen LogP contribution < -0.4 is 9.80 Å². The van der Waals surface area contributed by atoms with Crippen molar-refractivity contribution in [2.24, 2.45) is 0 Å². The molecule has 15 rings (SSSR count). The minimum atomic E-state index is -0.162. The maximum Gasteiger partial charge on any atom is 0.0601 e. The van der Waals surface area contributed by atoms with Gasteiger partial charge in [-0.2, -0.15) is 0 Å². The van der Waals surface area contributed by atoms with Crippen LogP contribution in [0.4, 0.5) is 34.1 Å². The number of rotatable bonds is 5. The molecule has 0 atom stereocenters. The highest BCUT2D eigenvalue weighted by atomic mass is 32.2. The molecule has 12 aromatic rings. The van der Waals surface area contributed by atoms with Crippen molar-refractivity contribution < 1.29 is 0 Å². The zero-order chi connectivity index (χ0) is 48.4. The number of hydrogen-bond donors (Lipinski definition) is 0. The Labute approximate surface area is 434 Å². The van der Waals surface area contributed by atoms with Gasteiger partial charge in [0.05, 0.1) is 22.7 Å². The fraction of sp³-hybridized carbons (Fsp3) is 0.0435. The Hall–Kier alpha value is -8.28. The molecule has 0 saturated carbocycles. The van der Waals surface area contributed by atoms with Gasteiger partial charge in [0.2, 0.25) is 0 Å². The maximum atomic E-state index is 2.51. The first kappa shape index (κ1) is 42.4. The van der Waals surface area contributed by atoms with Crippen LogP contribution in [0.1, 0.15) is 25.0 Å². The standard InChI is InChI=1S/C69H46N2S2/c1-69(2)57-18-6-5-17-51(57)52-36-33-48(40-58(52)69)68-54-38-35-49(70-59-19-7-11-23-63(59)72-64-24-12-8-20-60(64)70)41-55(54)67(45-30-27-44(28-31-45)47-32-29-43-15-3-4-16-46(43)39-47)53-37-34-50(42-56(53)68)71-61-21-9-13-25-65(61)73-66-26-14-10-22-62(66)71/h3-42H,1-2H3. The first-order chi connectivity index (χ1) is 35.9. The Morgan fingerprint density at radius 1 is 0.301 bits per heavy atom. The molecule has 0 saturated heterocycles. The lowest BCUT2D eigenvalue weighted by Gasteiger charge is -2.34. The van der Waals surface area contributed by atoms with E-state index in [1.165, 1.54) is 130 Å². The largest absolute Gasteiger partial charge is 0.308 e. The Balaban J connectivity index is 1.03. The van der Waals surface area contributed by atoms with Crippen LogP contribution in [0.3, 0.4) is 0 Å². The first-order valence-electron chi connectivity index (χ1n) is 25.1. The normalized spacial score (nSPS) is 13.8. The van der Waals surface area contributed by atoms with E-state index in [2.05, 4.69) is 266 Å². The topological polar surface area (TPSA) is 6.48 Å². The van der Waals surface area contributed by atoms with Crippen LogP contribution in [0, 0.1) is 0 Å². The highest BCUT2D eigenvalue weighted by Crippen LogP contribution is 2.56. The van der Waals surface area contributed by atoms with Gasteiger partial charge in [-0.1, -0.05) is 195 Å². The van der Waals surface area contributed by atoms with Gasteiger partial charge < -0.3 is 9.80 Å². The third-order valence-corrected chi connectivity index (χ3v) is 17.9. The number of hydrogen-bond acceptors (Lipinski definition) is 4. The predicted molar refractivity (Wildman–Crippen MR) is 310 cm³/mol. The SMILES string of the molecule is CC1(C)c2ccccc2-c2ccc(-c3c4ccc(N5c6ccccc6Sc6ccccc65)cc4c(-c4ccc(-c5ccc6ccccc6c5)cc4)c4ccc(N5c6ccccc6Sc6ccccc65)cc34)cc21. The molecule has 2 heterocycles. The van der Waals surface area contributed by atoms with Crippen molar-refractivity contribution in [1.82, 2.24) is 0 Å². The second kappa shape index (κ2) is 16.4. The molecule has 12 aromatic carbocycles. The van der Waals surface area contributed by atoms with Crippen LogP contribution in [0.5, 0.6) is 0 Å². The molecule has 4 heteroatoms. The first-order valence-corrected chi connectivity index (χ1v) is 26.8. The zero-order valence-corrected chi connectivity index (χ0v) is 41.9. The van der Waals surface area contributed by atoms with E-state index in [1.54, 1.807) is 0 Å². The highest BCUT2D eigenvalue weighted by Gasteiger charge is 2.36. The van der Waals surface area contributed by atoms with Crippen LogP contribution >= 0.6 is 23.5 Å². The van der Waals surface area contributed by atoms with Crippen molar-refractivity contribution in [3.05, 3.63) is 254 Å². The third-order valence-electron chi connectivity index (χ3n) is 15.6. The van der Waals surface area contributed by atoms with E-state index in [4.69, 9.17) is 0 Å². The fourth-order valence-electron chi connectivity index (χ4n) is 12.1. The van der Waals surface area contributed by atoms with Gasteiger partial charge in [-0.15, -0.1) is 0 Å². The summed E-state index contributed by atoms with van der Waals surface area (Å²) in [5.74, 6) is 0. The van der Waals surface area contributed by atoms with Crippen molar-refractivity contribution in [3.8, 4) is 44.5 Å². The molecule has 0 spiro atoms. The quantitative estimate of drug-likeness (QED) is 0.159. The second-order valence-corrected chi connectivity index (χ2v) is 22.2. The molecule has 0 N–H and O–H groups in total. The van der Waals surface area contributed by atoms with Gasteiger partial charge in [-0.05, 0) is 173 Å². The van der Waals surface area contributed by atoms with Gasteiger partial charge >= 0.3 is 0 Å². The van der Waals surface area contributed by atoms with Crippen molar-refractivity contribution in [2.45, 2.75) is 38.8 Å². The van der Waals surface area contributed by atoms with Crippen molar-refractivity contribution in [3.63, 3.8) is 0 Å². The van der Waals surface area contributed by atoms with Crippen LogP contribution in [-0.4, -0.2) is 0 Å². The smallest absolute Gasteiger partial charge is 0.0601 e. The molecule has 73 heavy (non-hydrogen) atoms. The van der Waals surface area contributed by atoms with Crippen molar-refractivity contribution in [1.29, 1.82) is 0 Å². The molecule has 1 aliphatic carbocycles. The lowest BCUT2D eigenvalue weighted by Crippen LogP contribution is -2.15. The molecule has 3 aliphatic rings. The second-order valence-electron chi connectivity index (χ2n) is 20.0. The number of benzene rings is 12. The van der Waals surface area contributed by atoms with Gasteiger partial charge in [-0.25, -0.2) is 0 Å². The molecule has 0 radical (unpaired) electrons. The summed E-state index contributed by atoms with van der Waals surface area (Å²) in [6, 6.07) is 90.9. The lowest BCUT2D eigenvalue weighted by atomic mass is 9.80. The lowest BCUT2D eigenvalue weighted by molar-refractivity contribution is 0.660. The molecular weight excluding hydrogens is 921 g/mol. The van der Waals surface area contributed by atoms with E-state index in [0.717, 1.165) is 11.4 Å². The summed E-state index contributed by atoms with van der Waals surface area (Å²) >= 11 is 3.70. The van der Waals surface area contributed by atoms with Crippen molar-refractivity contribution >= 4 is 90.0 Å². The number of anilines is 6. The zero-order valence-electron chi connectivity index (χ0n) is 40.3. The molecule has 344 valence electrons. The van der Waals surface area contributed by atoms with E-state index in [1.807, 2.05) is 23.5 Å². The number of fused-ring (bicyclic) bond motifs is 10.